The SMILES string of the molecule is Cc1cc(=O)[nH]c(Sc2ccc([N+](=O)[O-])c(N)c2)n1. The number of nitrogens with zero attached hydrogens (tertiary/aromatic N) is 2. The van der Waals surface area contributed by atoms with Crippen molar-refractivity contribution in [2.24, 2.45) is 0 Å². The van der Waals surface area contributed by atoms with E-state index in [4.69, 9.17) is 5.73 Å². The molecule has 3 N–H and O–H groups in total. The van der Waals surface area contributed by atoms with Crippen LogP contribution in [-0.4, -0.2) is 14.9 Å². The summed E-state index contributed by atoms with van der Waals surface area (Å²) < 4.78 is 0. The number of nitrogens with two attached hydrogens (primary N) is 1. The second kappa shape index (κ2) is 5.11. The maximum atomic E-state index is 11.3. The zero-order valence-electron chi connectivity index (χ0n) is 9.91. The van der Waals surface area contributed by atoms with Gasteiger partial charge in [-0.15, -0.1) is 0 Å². The minimum Gasteiger partial charge on any atom is -0.393 e. The number of aromatic amines is 1. The Balaban J connectivity index is 2.31. The highest BCUT2D eigenvalue weighted by atomic mass is 32.2. The van der Waals surface area contributed by atoms with E-state index in [-0.39, 0.29) is 16.9 Å². The van der Waals surface area contributed by atoms with E-state index in [0.29, 0.717) is 15.7 Å². The summed E-state index contributed by atoms with van der Waals surface area (Å²) in [5.74, 6) is 0. The monoisotopic (exact) mass is 278 g/mol. The highest BCUT2D eigenvalue weighted by molar-refractivity contribution is 7.99. The molecule has 0 saturated heterocycles. The van der Waals surface area contributed by atoms with Crippen LogP contribution in [0.3, 0.4) is 0 Å². The Labute approximate surface area is 112 Å². The number of anilines is 1. The molecule has 0 saturated carbocycles. The van der Waals surface area contributed by atoms with Crippen molar-refractivity contribution >= 4 is 23.1 Å². The number of hydrogen-bond acceptors (Lipinski definition) is 6. The lowest BCUT2D eigenvalue weighted by Gasteiger charge is -2.03. The highest BCUT2D eigenvalue weighted by Crippen LogP contribution is 2.30. The summed E-state index contributed by atoms with van der Waals surface area (Å²) in [6, 6.07) is 5.74. The summed E-state index contributed by atoms with van der Waals surface area (Å²) in [5, 5.41) is 11.1. The first kappa shape index (κ1) is 13.1. The van der Waals surface area contributed by atoms with Crippen LogP contribution in [0.4, 0.5) is 11.4 Å². The fourth-order valence-electron chi connectivity index (χ4n) is 1.47. The van der Waals surface area contributed by atoms with Gasteiger partial charge in [0.1, 0.15) is 5.69 Å². The molecular formula is C11H10N4O3S. The molecule has 1 aromatic carbocycles. The Morgan fingerprint density at radius 3 is 2.74 bits per heavy atom. The number of hydrogen-bond donors (Lipinski definition) is 2. The minimum absolute atomic E-state index is 0.0741. The molecule has 0 aliphatic rings. The van der Waals surface area contributed by atoms with Crippen LogP contribution in [0.15, 0.2) is 39.1 Å². The zero-order chi connectivity index (χ0) is 14.0. The van der Waals surface area contributed by atoms with Crippen LogP contribution in [0.25, 0.3) is 0 Å². The third-order valence-electron chi connectivity index (χ3n) is 2.26. The number of rotatable bonds is 3. The van der Waals surface area contributed by atoms with Crippen molar-refractivity contribution in [1.82, 2.24) is 9.97 Å². The average molecular weight is 278 g/mol. The maximum Gasteiger partial charge on any atom is 0.292 e. The topological polar surface area (TPSA) is 115 Å². The molecule has 2 rings (SSSR count). The van der Waals surface area contributed by atoms with E-state index in [1.165, 1.54) is 30.0 Å². The van der Waals surface area contributed by atoms with Gasteiger partial charge in [-0.1, -0.05) is 11.8 Å². The Hall–Kier alpha value is -2.35. The van der Waals surface area contributed by atoms with E-state index >= 15 is 0 Å². The van der Waals surface area contributed by atoms with Crippen LogP contribution >= 0.6 is 11.8 Å². The summed E-state index contributed by atoms with van der Waals surface area (Å²) in [7, 11) is 0. The molecule has 19 heavy (non-hydrogen) atoms. The minimum atomic E-state index is -0.545. The molecule has 7 nitrogen and oxygen atoms in total. The molecule has 2 aromatic rings. The van der Waals surface area contributed by atoms with E-state index in [1.54, 1.807) is 13.0 Å². The van der Waals surface area contributed by atoms with Crippen molar-refractivity contribution in [2.75, 3.05) is 5.73 Å². The molecule has 1 aromatic heterocycles. The summed E-state index contributed by atoms with van der Waals surface area (Å²) in [5.41, 5.74) is 5.87. The third-order valence-corrected chi connectivity index (χ3v) is 3.13. The summed E-state index contributed by atoms with van der Waals surface area (Å²) >= 11 is 1.18. The number of aryl methyl sites for hydroxylation is 1. The molecule has 1 heterocycles. The Kier molecular flexibility index (Phi) is 3.52. The molecule has 0 fully saturated rings. The van der Waals surface area contributed by atoms with Crippen LogP contribution in [-0.2, 0) is 0 Å². The van der Waals surface area contributed by atoms with Gasteiger partial charge in [0.25, 0.3) is 11.2 Å². The van der Waals surface area contributed by atoms with Crippen molar-refractivity contribution < 1.29 is 4.92 Å². The van der Waals surface area contributed by atoms with Gasteiger partial charge < -0.3 is 10.7 Å². The van der Waals surface area contributed by atoms with E-state index in [2.05, 4.69) is 9.97 Å². The van der Waals surface area contributed by atoms with Gasteiger partial charge >= 0.3 is 0 Å². The van der Waals surface area contributed by atoms with Crippen molar-refractivity contribution in [2.45, 2.75) is 17.0 Å². The summed E-state index contributed by atoms with van der Waals surface area (Å²) in [6.07, 6.45) is 0. The van der Waals surface area contributed by atoms with Crippen LogP contribution in [0.5, 0.6) is 0 Å². The molecule has 0 amide bonds. The first-order valence-corrected chi connectivity index (χ1v) is 6.07. The van der Waals surface area contributed by atoms with E-state index in [0.717, 1.165) is 0 Å². The number of aromatic nitrogens is 2. The number of nitrogens with one attached hydrogen (secondary N) is 1. The van der Waals surface area contributed by atoms with Gasteiger partial charge in [0, 0.05) is 22.7 Å². The van der Waals surface area contributed by atoms with Gasteiger partial charge in [-0.05, 0) is 19.1 Å². The van der Waals surface area contributed by atoms with Gasteiger partial charge in [-0.25, -0.2) is 4.98 Å². The predicted molar refractivity (Wildman–Crippen MR) is 71.2 cm³/mol. The maximum absolute atomic E-state index is 11.3. The predicted octanol–water partition coefficient (Wildman–Crippen LogP) is 1.72. The van der Waals surface area contributed by atoms with Gasteiger partial charge in [-0.3, -0.25) is 14.9 Å². The second-order valence-electron chi connectivity index (χ2n) is 3.77. The molecule has 0 aliphatic heterocycles. The molecule has 0 aliphatic carbocycles. The number of H-pyrrole nitrogens is 1. The molecule has 0 bridgehead atoms. The van der Waals surface area contributed by atoms with Crippen LogP contribution in [0.1, 0.15) is 5.69 Å². The van der Waals surface area contributed by atoms with Gasteiger partial charge in [0.15, 0.2) is 5.16 Å². The highest BCUT2D eigenvalue weighted by Gasteiger charge is 2.12. The fraction of sp³-hybridized carbons (Fsp3) is 0.0909. The number of nitro groups is 1. The Morgan fingerprint density at radius 1 is 1.42 bits per heavy atom. The first-order chi connectivity index (χ1) is 8.95. The smallest absolute Gasteiger partial charge is 0.292 e. The van der Waals surface area contributed by atoms with Crippen LogP contribution in [0, 0.1) is 17.0 Å². The third kappa shape index (κ3) is 3.10. The number of benzene rings is 1. The van der Waals surface area contributed by atoms with Gasteiger partial charge in [0.2, 0.25) is 0 Å². The van der Waals surface area contributed by atoms with Crippen molar-refractivity contribution in [3.05, 3.63) is 50.4 Å². The van der Waals surface area contributed by atoms with E-state index in [9.17, 15) is 14.9 Å². The van der Waals surface area contributed by atoms with Crippen molar-refractivity contribution in [3.8, 4) is 0 Å². The molecular weight excluding hydrogens is 268 g/mol. The van der Waals surface area contributed by atoms with Gasteiger partial charge in [0.05, 0.1) is 4.92 Å². The van der Waals surface area contributed by atoms with E-state index < -0.39 is 4.92 Å². The summed E-state index contributed by atoms with van der Waals surface area (Å²) in [6.45, 7) is 1.71. The lowest BCUT2D eigenvalue weighted by molar-refractivity contribution is -0.383. The zero-order valence-corrected chi connectivity index (χ0v) is 10.7. The standard InChI is InChI=1S/C11H10N4O3S/c1-6-4-10(16)14-11(13-6)19-7-2-3-9(15(17)18)8(12)5-7/h2-5H,12H2,1H3,(H,13,14,16). The molecule has 0 atom stereocenters. The number of nitrogen functional groups attached to an aromatic ring is 1. The van der Waals surface area contributed by atoms with Crippen molar-refractivity contribution in [1.29, 1.82) is 0 Å². The van der Waals surface area contributed by atoms with Crippen LogP contribution in [0.2, 0.25) is 0 Å². The lowest BCUT2D eigenvalue weighted by Crippen LogP contribution is -2.07. The first-order valence-electron chi connectivity index (χ1n) is 5.25. The van der Waals surface area contributed by atoms with Crippen LogP contribution < -0.4 is 11.3 Å². The molecule has 8 heteroatoms. The molecule has 98 valence electrons. The molecule has 0 unspecified atom stereocenters. The molecule has 0 spiro atoms. The van der Waals surface area contributed by atoms with E-state index in [1.807, 2.05) is 0 Å². The van der Waals surface area contributed by atoms with Crippen molar-refractivity contribution in [3.63, 3.8) is 0 Å². The summed E-state index contributed by atoms with van der Waals surface area (Å²) in [4.78, 5) is 28.8. The van der Waals surface area contributed by atoms with Gasteiger partial charge in [-0.2, -0.15) is 0 Å². The Morgan fingerprint density at radius 2 is 2.16 bits per heavy atom. The fourth-order valence-corrected chi connectivity index (χ4v) is 2.36. The normalized spacial score (nSPS) is 10.4. The quantitative estimate of drug-likeness (QED) is 0.382. The number of nitro benzene ring substituents is 1. The Bertz CT molecular complexity index is 699. The lowest BCUT2D eigenvalue weighted by atomic mass is 10.3. The second-order valence-corrected chi connectivity index (χ2v) is 4.83. The average Bonchev–Trinajstić information content (AvgIpc) is 2.26. The molecule has 0 radical (unpaired) electrons. The largest absolute Gasteiger partial charge is 0.393 e.